The normalized spacial score (nSPS) is 19.1. The summed E-state index contributed by atoms with van der Waals surface area (Å²) in [6.45, 7) is 4.35. The van der Waals surface area contributed by atoms with Gasteiger partial charge in [0.05, 0.1) is 0 Å². The van der Waals surface area contributed by atoms with Crippen molar-refractivity contribution >= 4 is 30.6 Å². The molecule has 0 radical (unpaired) electrons. The van der Waals surface area contributed by atoms with Crippen LogP contribution in [0.5, 0.6) is 5.75 Å². The molecule has 4 heterocycles. The van der Waals surface area contributed by atoms with Crippen LogP contribution in [0.3, 0.4) is 0 Å². The third kappa shape index (κ3) is 4.85. The van der Waals surface area contributed by atoms with Gasteiger partial charge in [0.2, 0.25) is 0 Å². The predicted molar refractivity (Wildman–Crippen MR) is 130 cm³/mol. The molecule has 0 unspecified atom stereocenters. The van der Waals surface area contributed by atoms with Gasteiger partial charge < -0.3 is 19.9 Å². The predicted octanol–water partition coefficient (Wildman–Crippen LogP) is 2.60. The first-order valence-corrected chi connectivity index (χ1v) is 10.3. The molecular formula is C23H26Cl2N4O3. The molecule has 9 heteroatoms. The SMILES string of the molecule is Cl.Cl.O=c1[nH]c(N2C[C@H]3CNC[C@H]3C2)ccc1-n1ccc(OCc2ccccc2)cc1=O. The number of nitrogens with one attached hydrogen (secondary N) is 2. The van der Waals surface area contributed by atoms with Crippen molar-refractivity contribution < 1.29 is 4.74 Å². The van der Waals surface area contributed by atoms with Crippen LogP contribution in [0.2, 0.25) is 0 Å². The first-order valence-electron chi connectivity index (χ1n) is 10.3. The minimum absolute atomic E-state index is 0. The van der Waals surface area contributed by atoms with E-state index in [1.807, 2.05) is 36.4 Å². The van der Waals surface area contributed by atoms with E-state index in [9.17, 15) is 9.59 Å². The molecule has 2 saturated heterocycles. The number of H-pyrrole nitrogens is 1. The van der Waals surface area contributed by atoms with Gasteiger partial charge in [0.15, 0.2) is 0 Å². The molecule has 0 amide bonds. The first kappa shape index (κ1) is 23.9. The smallest absolute Gasteiger partial charge is 0.273 e. The van der Waals surface area contributed by atoms with E-state index in [0.717, 1.165) is 37.6 Å². The quantitative estimate of drug-likeness (QED) is 0.591. The number of rotatable bonds is 5. The number of aromatic amines is 1. The summed E-state index contributed by atoms with van der Waals surface area (Å²) in [5, 5.41) is 3.42. The van der Waals surface area contributed by atoms with Crippen LogP contribution in [0.4, 0.5) is 5.82 Å². The number of hydrogen-bond acceptors (Lipinski definition) is 5. The van der Waals surface area contributed by atoms with Crippen LogP contribution in [0.25, 0.3) is 5.69 Å². The summed E-state index contributed by atoms with van der Waals surface area (Å²) in [4.78, 5) is 30.5. The van der Waals surface area contributed by atoms with E-state index in [-0.39, 0.29) is 35.9 Å². The van der Waals surface area contributed by atoms with Crippen LogP contribution >= 0.6 is 24.8 Å². The largest absolute Gasteiger partial charge is 0.489 e. The number of halogens is 2. The molecule has 2 fully saturated rings. The zero-order valence-electron chi connectivity index (χ0n) is 17.4. The molecule has 0 aliphatic carbocycles. The Morgan fingerprint density at radius 1 is 0.938 bits per heavy atom. The summed E-state index contributed by atoms with van der Waals surface area (Å²) < 4.78 is 7.05. The zero-order valence-corrected chi connectivity index (χ0v) is 19.0. The molecule has 2 N–H and O–H groups in total. The van der Waals surface area contributed by atoms with Gasteiger partial charge in [-0.05, 0) is 35.6 Å². The van der Waals surface area contributed by atoms with Gasteiger partial charge >= 0.3 is 0 Å². The highest BCUT2D eigenvalue weighted by Gasteiger charge is 2.36. The molecule has 2 atom stereocenters. The molecule has 2 aliphatic heterocycles. The van der Waals surface area contributed by atoms with E-state index < -0.39 is 0 Å². The standard InChI is InChI=1S/C23H24N4O3.2ClH/c28-22-10-19(30-15-16-4-2-1-3-5-16)8-9-27(22)20-6-7-21(25-23(20)29)26-13-17-11-24-12-18(17)14-26;;/h1-10,17-18,24H,11-15H2,(H,25,29);2*1H/t17-,18+;;. The van der Waals surface area contributed by atoms with Gasteiger partial charge in [0.1, 0.15) is 23.9 Å². The van der Waals surface area contributed by atoms with Crippen molar-refractivity contribution in [2.24, 2.45) is 11.8 Å². The van der Waals surface area contributed by atoms with Crippen molar-refractivity contribution in [2.75, 3.05) is 31.1 Å². The number of fused-ring (bicyclic) bond motifs is 1. The Labute approximate surface area is 198 Å². The van der Waals surface area contributed by atoms with Crippen LogP contribution in [-0.2, 0) is 6.61 Å². The minimum atomic E-state index is -0.305. The molecule has 0 spiro atoms. The highest BCUT2D eigenvalue weighted by Crippen LogP contribution is 2.29. The number of benzene rings is 1. The fraction of sp³-hybridized carbons (Fsp3) is 0.304. The summed E-state index contributed by atoms with van der Waals surface area (Å²) in [5.74, 6) is 2.57. The van der Waals surface area contributed by atoms with E-state index in [2.05, 4.69) is 15.2 Å². The second-order valence-corrected chi connectivity index (χ2v) is 7.99. The van der Waals surface area contributed by atoms with Crippen molar-refractivity contribution in [1.29, 1.82) is 0 Å². The van der Waals surface area contributed by atoms with Crippen LogP contribution in [-0.4, -0.2) is 35.7 Å². The fourth-order valence-electron chi connectivity index (χ4n) is 4.37. The highest BCUT2D eigenvalue weighted by atomic mass is 35.5. The second-order valence-electron chi connectivity index (χ2n) is 7.99. The maximum absolute atomic E-state index is 12.7. The molecule has 0 bridgehead atoms. The Hall–Kier alpha value is -2.74. The van der Waals surface area contributed by atoms with E-state index in [0.29, 0.717) is 29.9 Å². The van der Waals surface area contributed by atoms with E-state index in [1.165, 1.54) is 10.6 Å². The van der Waals surface area contributed by atoms with Crippen molar-refractivity contribution in [3.05, 3.63) is 87.1 Å². The van der Waals surface area contributed by atoms with Gasteiger partial charge in [0, 0.05) is 38.4 Å². The van der Waals surface area contributed by atoms with Crippen LogP contribution < -0.4 is 26.1 Å². The summed E-state index contributed by atoms with van der Waals surface area (Å²) in [5.41, 5.74) is 0.748. The number of pyridine rings is 2. The van der Waals surface area contributed by atoms with Crippen molar-refractivity contribution in [3.8, 4) is 11.4 Å². The van der Waals surface area contributed by atoms with Gasteiger partial charge in [-0.15, -0.1) is 24.8 Å². The first-order chi connectivity index (χ1) is 14.7. The van der Waals surface area contributed by atoms with Gasteiger partial charge in [-0.2, -0.15) is 0 Å². The highest BCUT2D eigenvalue weighted by molar-refractivity contribution is 5.85. The Morgan fingerprint density at radius 3 is 2.31 bits per heavy atom. The number of aromatic nitrogens is 2. The lowest BCUT2D eigenvalue weighted by Crippen LogP contribution is -2.29. The third-order valence-corrected chi connectivity index (χ3v) is 6.00. The number of ether oxygens (including phenoxy) is 1. The summed E-state index contributed by atoms with van der Waals surface area (Å²) in [6.07, 6.45) is 1.58. The lowest BCUT2D eigenvalue weighted by atomic mass is 10.0. The maximum Gasteiger partial charge on any atom is 0.273 e. The Morgan fingerprint density at radius 2 is 1.66 bits per heavy atom. The molecule has 3 aromatic rings. The molecular weight excluding hydrogens is 451 g/mol. The van der Waals surface area contributed by atoms with E-state index >= 15 is 0 Å². The molecule has 0 saturated carbocycles. The van der Waals surface area contributed by atoms with Gasteiger partial charge in [-0.25, -0.2) is 0 Å². The number of hydrogen-bond donors (Lipinski definition) is 2. The van der Waals surface area contributed by atoms with Crippen LogP contribution in [0.1, 0.15) is 5.56 Å². The van der Waals surface area contributed by atoms with E-state index in [4.69, 9.17) is 4.74 Å². The van der Waals surface area contributed by atoms with Crippen LogP contribution in [0.15, 0.2) is 70.4 Å². The number of anilines is 1. The third-order valence-electron chi connectivity index (χ3n) is 6.00. The Balaban J connectivity index is 0.00000144. The monoisotopic (exact) mass is 476 g/mol. The molecule has 32 heavy (non-hydrogen) atoms. The lowest BCUT2D eigenvalue weighted by Gasteiger charge is -2.19. The molecule has 2 aliphatic rings. The summed E-state index contributed by atoms with van der Waals surface area (Å²) in [6, 6.07) is 16.5. The average molecular weight is 477 g/mol. The van der Waals surface area contributed by atoms with Crippen molar-refractivity contribution in [1.82, 2.24) is 14.9 Å². The molecule has 170 valence electrons. The molecule has 2 aromatic heterocycles. The minimum Gasteiger partial charge on any atom is -0.489 e. The zero-order chi connectivity index (χ0) is 20.5. The maximum atomic E-state index is 12.7. The summed E-state index contributed by atoms with van der Waals surface area (Å²) >= 11 is 0. The Kier molecular flexibility index (Phi) is 7.66. The van der Waals surface area contributed by atoms with Crippen molar-refractivity contribution in [3.63, 3.8) is 0 Å². The van der Waals surface area contributed by atoms with Gasteiger partial charge in [-0.3, -0.25) is 14.2 Å². The number of nitrogens with zero attached hydrogens (tertiary/aromatic N) is 2. The average Bonchev–Trinajstić information content (AvgIpc) is 3.36. The second kappa shape index (κ2) is 10.3. The van der Waals surface area contributed by atoms with Crippen LogP contribution in [0, 0.1) is 11.8 Å². The molecule has 5 rings (SSSR count). The van der Waals surface area contributed by atoms with Gasteiger partial charge in [-0.1, -0.05) is 30.3 Å². The molecule has 7 nitrogen and oxygen atoms in total. The Bertz CT molecular complexity index is 1150. The fourth-order valence-corrected chi connectivity index (χ4v) is 4.37. The lowest BCUT2D eigenvalue weighted by molar-refractivity contribution is 0.305. The topological polar surface area (TPSA) is 79.4 Å². The van der Waals surface area contributed by atoms with E-state index in [1.54, 1.807) is 18.3 Å². The van der Waals surface area contributed by atoms with Crippen molar-refractivity contribution in [2.45, 2.75) is 6.61 Å². The van der Waals surface area contributed by atoms with Gasteiger partial charge in [0.25, 0.3) is 11.1 Å². The summed E-state index contributed by atoms with van der Waals surface area (Å²) in [7, 11) is 0. The molecule has 1 aromatic carbocycles.